The highest BCUT2D eigenvalue weighted by Gasteiger charge is 2.29. The number of rotatable bonds is 3. The van der Waals surface area contributed by atoms with Crippen LogP contribution >= 0.6 is 0 Å². The fourth-order valence-corrected chi connectivity index (χ4v) is 3.65. The summed E-state index contributed by atoms with van der Waals surface area (Å²) >= 11 is 0. The molecule has 0 saturated carbocycles. The Labute approximate surface area is 168 Å². The van der Waals surface area contributed by atoms with E-state index in [1.807, 2.05) is 35.0 Å². The number of pyridine rings is 2. The SMILES string of the molecule is CCOC(=O)N1CCc2nc(N)c(C#N)c(-c3cccn3-c3cccnc3)c2C1. The van der Waals surface area contributed by atoms with Gasteiger partial charge in [0, 0.05) is 36.5 Å². The van der Waals surface area contributed by atoms with Gasteiger partial charge in [-0.25, -0.2) is 9.78 Å². The van der Waals surface area contributed by atoms with Crippen molar-refractivity contribution in [1.82, 2.24) is 19.4 Å². The van der Waals surface area contributed by atoms with E-state index in [0.29, 0.717) is 37.2 Å². The number of hydrogen-bond acceptors (Lipinski definition) is 6. The summed E-state index contributed by atoms with van der Waals surface area (Å²) in [5.74, 6) is 0.199. The van der Waals surface area contributed by atoms with E-state index in [0.717, 1.165) is 22.6 Å². The molecule has 0 radical (unpaired) electrons. The number of nitrogen functional groups attached to an aromatic ring is 1. The summed E-state index contributed by atoms with van der Waals surface area (Å²) in [7, 11) is 0. The summed E-state index contributed by atoms with van der Waals surface area (Å²) in [5, 5.41) is 9.82. The lowest BCUT2D eigenvalue weighted by molar-refractivity contribution is 0.102. The lowest BCUT2D eigenvalue weighted by Gasteiger charge is -2.30. The van der Waals surface area contributed by atoms with Crippen molar-refractivity contribution >= 4 is 11.9 Å². The van der Waals surface area contributed by atoms with Crippen LogP contribution in [0.15, 0.2) is 42.9 Å². The zero-order valence-electron chi connectivity index (χ0n) is 16.0. The van der Waals surface area contributed by atoms with Gasteiger partial charge in [0.1, 0.15) is 17.5 Å². The number of amides is 1. The number of nitrogens with two attached hydrogens (primary N) is 1. The van der Waals surface area contributed by atoms with Crippen LogP contribution < -0.4 is 5.73 Å². The van der Waals surface area contributed by atoms with Crippen LogP contribution in [0.25, 0.3) is 16.9 Å². The number of nitrogens with zero attached hydrogens (tertiary/aromatic N) is 5. The molecule has 8 nitrogen and oxygen atoms in total. The Balaban J connectivity index is 1.89. The molecule has 0 fully saturated rings. The maximum Gasteiger partial charge on any atom is 0.410 e. The summed E-state index contributed by atoms with van der Waals surface area (Å²) in [5.41, 5.74) is 10.4. The molecule has 0 bridgehead atoms. The van der Waals surface area contributed by atoms with Gasteiger partial charge >= 0.3 is 6.09 Å². The van der Waals surface area contributed by atoms with Crippen molar-refractivity contribution in [3.63, 3.8) is 0 Å². The molecule has 2 N–H and O–H groups in total. The van der Waals surface area contributed by atoms with Crippen LogP contribution in [0.4, 0.5) is 10.6 Å². The largest absolute Gasteiger partial charge is 0.450 e. The van der Waals surface area contributed by atoms with Crippen LogP contribution in [-0.2, 0) is 17.7 Å². The number of carbonyl (C=O) groups is 1. The van der Waals surface area contributed by atoms with E-state index in [2.05, 4.69) is 16.0 Å². The second-order valence-electron chi connectivity index (χ2n) is 6.63. The van der Waals surface area contributed by atoms with Crippen molar-refractivity contribution in [3.05, 3.63) is 59.7 Å². The van der Waals surface area contributed by atoms with E-state index in [4.69, 9.17) is 10.5 Å². The Morgan fingerprint density at radius 2 is 2.24 bits per heavy atom. The minimum atomic E-state index is -0.373. The molecular formula is C21H20N6O2. The molecule has 146 valence electrons. The Morgan fingerprint density at radius 1 is 1.38 bits per heavy atom. The first-order chi connectivity index (χ1) is 14.1. The molecule has 0 aliphatic carbocycles. The predicted molar refractivity (Wildman–Crippen MR) is 107 cm³/mol. The van der Waals surface area contributed by atoms with Gasteiger partial charge in [0.05, 0.1) is 36.4 Å². The third-order valence-corrected chi connectivity index (χ3v) is 4.95. The highest BCUT2D eigenvalue weighted by atomic mass is 16.6. The molecule has 8 heteroatoms. The molecule has 1 aliphatic heterocycles. The first kappa shape index (κ1) is 18.5. The Hall–Kier alpha value is -3.86. The van der Waals surface area contributed by atoms with Gasteiger partial charge in [-0.15, -0.1) is 0 Å². The van der Waals surface area contributed by atoms with Crippen molar-refractivity contribution in [2.24, 2.45) is 0 Å². The third kappa shape index (κ3) is 3.27. The van der Waals surface area contributed by atoms with Gasteiger partial charge in [-0.1, -0.05) is 0 Å². The minimum absolute atomic E-state index is 0.199. The first-order valence-electron chi connectivity index (χ1n) is 9.35. The van der Waals surface area contributed by atoms with E-state index in [-0.39, 0.29) is 11.9 Å². The van der Waals surface area contributed by atoms with Crippen LogP contribution in [0.5, 0.6) is 0 Å². The molecule has 3 aromatic rings. The number of ether oxygens (including phenoxy) is 1. The average Bonchev–Trinajstić information content (AvgIpc) is 3.22. The van der Waals surface area contributed by atoms with E-state index >= 15 is 0 Å². The zero-order chi connectivity index (χ0) is 20.4. The maximum absolute atomic E-state index is 12.3. The summed E-state index contributed by atoms with van der Waals surface area (Å²) in [6, 6.07) is 9.81. The number of hydrogen-bond donors (Lipinski definition) is 1. The average molecular weight is 388 g/mol. The van der Waals surface area contributed by atoms with Crippen LogP contribution in [-0.4, -0.2) is 38.7 Å². The molecule has 29 heavy (non-hydrogen) atoms. The molecule has 1 amide bonds. The highest BCUT2D eigenvalue weighted by molar-refractivity contribution is 5.79. The number of fused-ring (bicyclic) bond motifs is 1. The highest BCUT2D eigenvalue weighted by Crippen LogP contribution is 2.36. The molecule has 1 aliphatic rings. The first-order valence-corrected chi connectivity index (χ1v) is 9.35. The van der Waals surface area contributed by atoms with Gasteiger partial charge in [-0.2, -0.15) is 5.26 Å². The van der Waals surface area contributed by atoms with Crippen LogP contribution in [0.2, 0.25) is 0 Å². The monoisotopic (exact) mass is 388 g/mol. The van der Waals surface area contributed by atoms with Gasteiger partial charge < -0.3 is 19.9 Å². The van der Waals surface area contributed by atoms with Crippen molar-refractivity contribution < 1.29 is 9.53 Å². The Bertz CT molecular complexity index is 1100. The summed E-state index contributed by atoms with van der Waals surface area (Å²) in [6.45, 7) is 2.89. The van der Waals surface area contributed by atoms with Crippen molar-refractivity contribution in [3.8, 4) is 23.0 Å². The summed E-state index contributed by atoms with van der Waals surface area (Å²) < 4.78 is 7.11. The second kappa shape index (κ2) is 7.64. The lowest BCUT2D eigenvalue weighted by Crippen LogP contribution is -2.37. The number of anilines is 1. The maximum atomic E-state index is 12.3. The third-order valence-electron chi connectivity index (χ3n) is 4.95. The minimum Gasteiger partial charge on any atom is -0.450 e. The van der Waals surface area contributed by atoms with Crippen LogP contribution in [0.3, 0.4) is 0 Å². The topological polar surface area (TPSA) is 110 Å². The second-order valence-corrected chi connectivity index (χ2v) is 6.63. The molecule has 4 rings (SSSR count). The summed E-state index contributed by atoms with van der Waals surface area (Å²) in [6.07, 6.45) is 5.53. The fraction of sp³-hybridized carbons (Fsp3) is 0.238. The molecule has 4 heterocycles. The summed E-state index contributed by atoms with van der Waals surface area (Å²) in [4.78, 5) is 22.6. The number of nitriles is 1. The molecular weight excluding hydrogens is 368 g/mol. The van der Waals surface area contributed by atoms with Gasteiger partial charge in [-0.05, 0) is 31.2 Å². The quantitative estimate of drug-likeness (QED) is 0.739. The van der Waals surface area contributed by atoms with Crippen LogP contribution in [0.1, 0.15) is 23.7 Å². The molecule has 0 spiro atoms. The van der Waals surface area contributed by atoms with Crippen LogP contribution in [0, 0.1) is 11.3 Å². The van der Waals surface area contributed by atoms with E-state index in [1.54, 1.807) is 24.2 Å². The van der Waals surface area contributed by atoms with Gasteiger partial charge in [0.25, 0.3) is 0 Å². The van der Waals surface area contributed by atoms with Gasteiger partial charge in [-0.3, -0.25) is 4.98 Å². The number of carbonyl (C=O) groups excluding carboxylic acids is 1. The predicted octanol–water partition coefficient (Wildman–Crippen LogP) is 2.90. The van der Waals surface area contributed by atoms with Gasteiger partial charge in [0.15, 0.2) is 0 Å². The van der Waals surface area contributed by atoms with Gasteiger partial charge in [0.2, 0.25) is 0 Å². The fourth-order valence-electron chi connectivity index (χ4n) is 3.65. The van der Waals surface area contributed by atoms with E-state index in [1.165, 1.54) is 0 Å². The standard InChI is InChI=1S/C21H20N6O2/c1-2-29-21(28)26-10-7-17-16(13-26)19(15(11-22)20(23)25-17)18-6-4-9-27(18)14-5-3-8-24-12-14/h3-6,8-9,12H,2,7,10,13H2,1H3,(H2,23,25). The Morgan fingerprint density at radius 3 is 2.97 bits per heavy atom. The number of aromatic nitrogens is 3. The Kier molecular flexibility index (Phi) is 4.87. The molecule has 0 unspecified atom stereocenters. The smallest absolute Gasteiger partial charge is 0.410 e. The molecule has 3 aromatic heterocycles. The van der Waals surface area contributed by atoms with E-state index in [9.17, 15) is 10.1 Å². The van der Waals surface area contributed by atoms with E-state index < -0.39 is 0 Å². The van der Waals surface area contributed by atoms with Crippen molar-refractivity contribution in [2.45, 2.75) is 19.9 Å². The lowest BCUT2D eigenvalue weighted by atomic mass is 9.94. The molecule has 0 atom stereocenters. The molecule has 0 saturated heterocycles. The van der Waals surface area contributed by atoms with Crippen molar-refractivity contribution in [2.75, 3.05) is 18.9 Å². The molecule has 0 aromatic carbocycles. The van der Waals surface area contributed by atoms with Crippen molar-refractivity contribution in [1.29, 1.82) is 5.26 Å². The zero-order valence-corrected chi connectivity index (χ0v) is 16.0. The normalized spacial score (nSPS) is 12.9.